The molecule has 1 atom stereocenters. The summed E-state index contributed by atoms with van der Waals surface area (Å²) in [5.74, 6) is -0.138. The van der Waals surface area contributed by atoms with Crippen LogP contribution in [-0.2, 0) is 6.54 Å². The molecule has 3 aromatic heterocycles. The Morgan fingerprint density at radius 2 is 2.24 bits per heavy atom. The molecular weight excluding hydrogens is 402 g/mol. The standard InChI is InChI=1S/C21H19N5OS2/c1-12-18(14-6-8-28-11-14)25-19-15(3-2-7-26(12)19)20(27)23-10-13-4-5-16-17(9-13)29-21(22)24-16/h2-9,11,21,24H,10,22H2,1H3,(H,23,27). The number of aromatic nitrogens is 2. The molecule has 146 valence electrons. The first kappa shape index (κ1) is 18.2. The molecule has 1 unspecified atom stereocenters. The highest BCUT2D eigenvalue weighted by Gasteiger charge is 2.19. The maximum Gasteiger partial charge on any atom is 0.255 e. The van der Waals surface area contributed by atoms with E-state index in [9.17, 15) is 4.79 Å². The molecule has 29 heavy (non-hydrogen) atoms. The third kappa shape index (κ3) is 3.29. The number of nitrogens with one attached hydrogen (secondary N) is 2. The van der Waals surface area contributed by atoms with Gasteiger partial charge >= 0.3 is 0 Å². The maximum atomic E-state index is 12.9. The van der Waals surface area contributed by atoms with Crippen LogP contribution >= 0.6 is 23.1 Å². The molecule has 1 aliphatic heterocycles. The van der Waals surface area contributed by atoms with Gasteiger partial charge < -0.3 is 20.8 Å². The molecule has 0 bridgehead atoms. The number of nitrogens with zero attached hydrogens (tertiary/aromatic N) is 2. The summed E-state index contributed by atoms with van der Waals surface area (Å²) < 4.78 is 1.97. The van der Waals surface area contributed by atoms with E-state index in [-0.39, 0.29) is 11.4 Å². The van der Waals surface area contributed by atoms with Crippen LogP contribution in [0.5, 0.6) is 0 Å². The van der Waals surface area contributed by atoms with Crippen LogP contribution in [0.15, 0.2) is 58.3 Å². The Balaban J connectivity index is 1.40. The van der Waals surface area contributed by atoms with Crippen LogP contribution in [0.3, 0.4) is 0 Å². The van der Waals surface area contributed by atoms with Gasteiger partial charge in [0.05, 0.1) is 11.3 Å². The second-order valence-electron chi connectivity index (χ2n) is 6.87. The van der Waals surface area contributed by atoms with E-state index in [0.717, 1.165) is 33.1 Å². The molecule has 0 radical (unpaired) electrons. The van der Waals surface area contributed by atoms with Gasteiger partial charge in [-0.2, -0.15) is 11.3 Å². The van der Waals surface area contributed by atoms with Crippen LogP contribution in [0, 0.1) is 6.92 Å². The summed E-state index contributed by atoms with van der Waals surface area (Å²) in [5, 5.41) is 10.3. The van der Waals surface area contributed by atoms with Crippen LogP contribution < -0.4 is 16.4 Å². The summed E-state index contributed by atoms with van der Waals surface area (Å²) in [4.78, 5) is 18.8. The van der Waals surface area contributed by atoms with Crippen LogP contribution in [0.2, 0.25) is 0 Å². The van der Waals surface area contributed by atoms with Crippen molar-refractivity contribution >= 4 is 40.3 Å². The number of amides is 1. The lowest BCUT2D eigenvalue weighted by atomic mass is 10.2. The van der Waals surface area contributed by atoms with Crippen molar-refractivity contribution in [2.24, 2.45) is 5.73 Å². The predicted octanol–water partition coefficient (Wildman–Crippen LogP) is 4.06. The number of anilines is 1. The highest BCUT2D eigenvalue weighted by atomic mass is 32.2. The van der Waals surface area contributed by atoms with Gasteiger partial charge in [0.2, 0.25) is 0 Å². The molecule has 4 heterocycles. The van der Waals surface area contributed by atoms with E-state index >= 15 is 0 Å². The smallest absolute Gasteiger partial charge is 0.255 e. The lowest BCUT2D eigenvalue weighted by Crippen LogP contribution is -2.23. The minimum absolute atomic E-state index is 0.117. The lowest BCUT2D eigenvalue weighted by Gasteiger charge is -2.08. The number of rotatable bonds is 4. The van der Waals surface area contributed by atoms with Crippen LogP contribution in [0.25, 0.3) is 16.9 Å². The highest BCUT2D eigenvalue weighted by molar-refractivity contribution is 8.00. The molecule has 1 amide bonds. The third-order valence-corrected chi connectivity index (χ3v) is 6.63. The molecule has 8 heteroatoms. The zero-order valence-electron chi connectivity index (χ0n) is 15.7. The number of nitrogens with two attached hydrogens (primary N) is 1. The number of carbonyl (C=O) groups is 1. The molecular formula is C21H19N5OS2. The summed E-state index contributed by atoms with van der Waals surface area (Å²) in [6.07, 6.45) is 1.94. The molecule has 0 fully saturated rings. The van der Waals surface area contributed by atoms with Gasteiger partial charge in [0, 0.05) is 40.0 Å². The van der Waals surface area contributed by atoms with Gasteiger partial charge in [0.25, 0.3) is 5.91 Å². The van der Waals surface area contributed by atoms with Crippen molar-refractivity contribution in [1.82, 2.24) is 14.7 Å². The van der Waals surface area contributed by atoms with Crippen molar-refractivity contribution in [2.45, 2.75) is 23.9 Å². The van der Waals surface area contributed by atoms with E-state index in [1.54, 1.807) is 23.1 Å². The summed E-state index contributed by atoms with van der Waals surface area (Å²) in [7, 11) is 0. The van der Waals surface area contributed by atoms with Gasteiger partial charge in [0.1, 0.15) is 5.50 Å². The maximum absolute atomic E-state index is 12.9. The fourth-order valence-corrected chi connectivity index (χ4v) is 5.10. The first-order chi connectivity index (χ1) is 14.1. The molecule has 0 saturated heterocycles. The Morgan fingerprint density at radius 1 is 1.34 bits per heavy atom. The van der Waals surface area contributed by atoms with Gasteiger partial charge in [-0.25, -0.2) is 4.98 Å². The molecule has 0 aliphatic carbocycles. The van der Waals surface area contributed by atoms with E-state index in [0.29, 0.717) is 17.8 Å². The van der Waals surface area contributed by atoms with E-state index < -0.39 is 0 Å². The van der Waals surface area contributed by atoms with Crippen molar-refractivity contribution in [3.8, 4) is 11.3 Å². The van der Waals surface area contributed by atoms with E-state index in [2.05, 4.69) is 22.1 Å². The monoisotopic (exact) mass is 421 g/mol. The van der Waals surface area contributed by atoms with Crippen molar-refractivity contribution in [2.75, 3.05) is 5.32 Å². The van der Waals surface area contributed by atoms with Crippen LogP contribution in [0.4, 0.5) is 5.69 Å². The molecule has 1 aliphatic rings. The number of benzene rings is 1. The zero-order valence-corrected chi connectivity index (χ0v) is 17.3. The van der Waals surface area contributed by atoms with E-state index in [1.165, 1.54) is 0 Å². The number of pyridine rings is 1. The summed E-state index contributed by atoms with van der Waals surface area (Å²) in [6.45, 7) is 2.47. The van der Waals surface area contributed by atoms with E-state index in [1.807, 2.05) is 53.2 Å². The van der Waals surface area contributed by atoms with Crippen LogP contribution in [-0.4, -0.2) is 20.8 Å². The molecule has 4 N–H and O–H groups in total. The van der Waals surface area contributed by atoms with Crippen molar-refractivity contribution in [3.63, 3.8) is 0 Å². The number of fused-ring (bicyclic) bond motifs is 2. The van der Waals surface area contributed by atoms with Crippen molar-refractivity contribution < 1.29 is 4.79 Å². The molecule has 1 aromatic carbocycles. The number of aryl methyl sites for hydroxylation is 1. The SMILES string of the molecule is Cc1c(-c2ccsc2)nc2c(C(=O)NCc3ccc4c(c3)SC(N)N4)cccn12. The van der Waals surface area contributed by atoms with Gasteiger partial charge in [-0.1, -0.05) is 17.8 Å². The number of carbonyl (C=O) groups excluding carboxylic acids is 1. The first-order valence-electron chi connectivity index (χ1n) is 9.20. The Labute approximate surface area is 176 Å². The van der Waals surface area contributed by atoms with Gasteiger partial charge in [-0.05, 0) is 48.2 Å². The fraction of sp³-hybridized carbons (Fsp3) is 0.143. The molecule has 5 rings (SSSR count). The zero-order chi connectivity index (χ0) is 20.0. The van der Waals surface area contributed by atoms with Crippen LogP contribution in [0.1, 0.15) is 21.6 Å². The second kappa shape index (κ2) is 7.22. The normalized spacial score (nSPS) is 15.3. The Hall–Kier alpha value is -2.81. The Morgan fingerprint density at radius 3 is 3.07 bits per heavy atom. The molecule has 0 saturated carbocycles. The fourth-order valence-electron chi connectivity index (χ4n) is 3.53. The van der Waals surface area contributed by atoms with Crippen molar-refractivity contribution in [3.05, 3.63) is 70.2 Å². The number of hydrogen-bond acceptors (Lipinski definition) is 6. The van der Waals surface area contributed by atoms with Crippen molar-refractivity contribution in [1.29, 1.82) is 0 Å². The Kier molecular flexibility index (Phi) is 4.54. The highest BCUT2D eigenvalue weighted by Crippen LogP contribution is 2.36. The summed E-state index contributed by atoms with van der Waals surface area (Å²) in [6, 6.07) is 11.8. The number of imidazole rings is 1. The van der Waals surface area contributed by atoms with Gasteiger partial charge in [-0.3, -0.25) is 4.79 Å². The minimum Gasteiger partial charge on any atom is -0.360 e. The predicted molar refractivity (Wildman–Crippen MR) is 118 cm³/mol. The molecule has 0 spiro atoms. The Bertz CT molecular complexity index is 1220. The molecule has 4 aromatic rings. The van der Waals surface area contributed by atoms with Gasteiger partial charge in [-0.15, -0.1) is 0 Å². The number of thioether (sulfide) groups is 1. The summed E-state index contributed by atoms with van der Waals surface area (Å²) in [5.41, 5.74) is 12.1. The second-order valence-corrected chi connectivity index (χ2v) is 8.83. The quantitative estimate of drug-likeness (QED) is 0.463. The topological polar surface area (TPSA) is 84.5 Å². The minimum atomic E-state index is -0.138. The average molecular weight is 422 g/mol. The largest absolute Gasteiger partial charge is 0.360 e. The third-order valence-electron chi connectivity index (χ3n) is 4.98. The first-order valence-corrected chi connectivity index (χ1v) is 11.0. The number of thiophene rings is 1. The summed E-state index contributed by atoms with van der Waals surface area (Å²) >= 11 is 3.22. The molecule has 6 nitrogen and oxygen atoms in total. The van der Waals surface area contributed by atoms with Gasteiger partial charge in [0.15, 0.2) is 5.65 Å². The average Bonchev–Trinajstić information content (AvgIpc) is 3.44. The number of hydrogen-bond donors (Lipinski definition) is 3. The lowest BCUT2D eigenvalue weighted by molar-refractivity contribution is 0.0952. The van der Waals surface area contributed by atoms with E-state index in [4.69, 9.17) is 10.7 Å².